The van der Waals surface area contributed by atoms with Gasteiger partial charge < -0.3 is 0 Å². The molecule has 0 amide bonds. The maximum Gasteiger partial charge on any atom is 0.0210 e. The summed E-state index contributed by atoms with van der Waals surface area (Å²) in [4.78, 5) is 0. The lowest BCUT2D eigenvalue weighted by atomic mass is 9.71. The van der Waals surface area contributed by atoms with Crippen LogP contribution >= 0.6 is 0 Å². The van der Waals surface area contributed by atoms with Gasteiger partial charge in [0.15, 0.2) is 0 Å². The van der Waals surface area contributed by atoms with Crippen molar-refractivity contribution < 1.29 is 0 Å². The summed E-state index contributed by atoms with van der Waals surface area (Å²) < 4.78 is 0. The van der Waals surface area contributed by atoms with Gasteiger partial charge in [-0.1, -0.05) is 185 Å². The van der Waals surface area contributed by atoms with Gasteiger partial charge in [0.05, 0.1) is 0 Å². The van der Waals surface area contributed by atoms with Gasteiger partial charge in [-0.05, 0) is 161 Å². The van der Waals surface area contributed by atoms with Gasteiger partial charge in [-0.2, -0.15) is 0 Å². The summed E-state index contributed by atoms with van der Waals surface area (Å²) in [6.07, 6.45) is 4.27. The Bertz CT molecular complexity index is 3090. The van der Waals surface area contributed by atoms with E-state index in [4.69, 9.17) is 0 Å². The zero-order chi connectivity index (χ0) is 40.6. The van der Waals surface area contributed by atoms with Gasteiger partial charge in [-0.15, -0.1) is 0 Å². The highest BCUT2D eigenvalue weighted by Crippen LogP contribution is 2.61. The van der Waals surface area contributed by atoms with Gasteiger partial charge in [0.25, 0.3) is 0 Å². The van der Waals surface area contributed by atoms with Crippen LogP contribution in [0, 0.1) is 0 Å². The first-order valence-corrected chi connectivity index (χ1v) is 22.2. The minimum absolute atomic E-state index is 0.0165. The molecule has 0 aliphatic heterocycles. The molecule has 2 aliphatic rings. The first kappa shape index (κ1) is 36.6. The van der Waals surface area contributed by atoms with Crippen LogP contribution < -0.4 is 0 Å². The van der Waals surface area contributed by atoms with Gasteiger partial charge in [-0.25, -0.2) is 0 Å². The fraction of sp³-hybridized carbons (Fsp3) is 0.167. The standard InChI is InChI=1S/C60H50/c1-5-59(6-2)53-26-18-17-23-45(53)49-36-55-50(37-54(49)59)48-35-51-52(38-56(48)60(55,7-3)8-4)58(44-33-29-42(30-34-44)40-21-13-10-14-22-40)47-25-16-15-24-46(47)57(51)43-31-27-41(28-32-43)39-19-11-9-12-20-39/h9-38H,5-8H2,1-4H3. The van der Waals surface area contributed by atoms with Crippen molar-refractivity contribution in [2.24, 2.45) is 0 Å². The zero-order valence-corrected chi connectivity index (χ0v) is 35.1. The third kappa shape index (κ3) is 5.16. The van der Waals surface area contributed by atoms with E-state index in [0.717, 1.165) is 25.7 Å². The molecule has 11 rings (SSSR count). The SMILES string of the molecule is CCC1(CC)c2ccccc2-c2cc3c(cc21)-c1cc2c(-c4ccc(-c5ccccc5)cc4)c4ccccc4c(-c4ccc(-c5ccccc5)cc4)c2cc1C3(CC)CC. The molecule has 0 heteroatoms. The molecule has 290 valence electrons. The van der Waals surface area contributed by atoms with Crippen molar-refractivity contribution in [3.63, 3.8) is 0 Å². The molecule has 9 aromatic carbocycles. The summed E-state index contributed by atoms with van der Waals surface area (Å²) in [6.45, 7) is 9.61. The molecule has 0 unspecified atom stereocenters. The van der Waals surface area contributed by atoms with Crippen molar-refractivity contribution >= 4 is 21.5 Å². The molecule has 60 heavy (non-hydrogen) atoms. The van der Waals surface area contributed by atoms with Crippen LogP contribution in [0.5, 0.6) is 0 Å². The number of rotatable bonds is 8. The molecule has 2 aliphatic carbocycles. The van der Waals surface area contributed by atoms with Crippen LogP contribution in [-0.4, -0.2) is 0 Å². The predicted octanol–water partition coefficient (Wildman–Crippen LogP) is 16.8. The third-order valence-electron chi connectivity index (χ3n) is 14.9. The summed E-state index contributed by atoms with van der Waals surface area (Å²) in [7, 11) is 0. The minimum atomic E-state index is -0.0932. The lowest BCUT2D eigenvalue weighted by Gasteiger charge is -2.32. The van der Waals surface area contributed by atoms with Crippen LogP contribution in [0.1, 0.15) is 75.6 Å². The molecule has 0 fully saturated rings. The second-order valence-electron chi connectivity index (χ2n) is 17.2. The number of benzene rings is 9. The van der Waals surface area contributed by atoms with Gasteiger partial charge in [-0.3, -0.25) is 0 Å². The molecular formula is C60H50. The average molecular weight is 771 g/mol. The predicted molar refractivity (Wildman–Crippen MR) is 257 cm³/mol. The van der Waals surface area contributed by atoms with Crippen molar-refractivity contribution in [3.8, 4) is 66.8 Å². The van der Waals surface area contributed by atoms with E-state index in [9.17, 15) is 0 Å². The van der Waals surface area contributed by atoms with Gasteiger partial charge in [0, 0.05) is 10.8 Å². The molecule has 0 spiro atoms. The van der Waals surface area contributed by atoms with Crippen molar-refractivity contribution in [1.82, 2.24) is 0 Å². The molecule has 0 saturated heterocycles. The highest BCUT2D eigenvalue weighted by Gasteiger charge is 2.46. The minimum Gasteiger partial charge on any atom is -0.0642 e. The monoisotopic (exact) mass is 770 g/mol. The molecule has 0 heterocycles. The lowest BCUT2D eigenvalue weighted by Crippen LogP contribution is -2.24. The summed E-state index contributed by atoms with van der Waals surface area (Å²) >= 11 is 0. The van der Waals surface area contributed by atoms with E-state index >= 15 is 0 Å². The highest BCUT2D eigenvalue weighted by atomic mass is 14.5. The first-order chi connectivity index (χ1) is 29.5. The van der Waals surface area contributed by atoms with Crippen molar-refractivity contribution in [3.05, 3.63) is 204 Å². The summed E-state index contributed by atoms with van der Waals surface area (Å²) in [5, 5.41) is 5.22. The van der Waals surface area contributed by atoms with Gasteiger partial charge in [0.1, 0.15) is 0 Å². The van der Waals surface area contributed by atoms with E-state index in [0.29, 0.717) is 0 Å². The summed E-state index contributed by atoms with van der Waals surface area (Å²) in [6, 6.07) is 69.0. The Kier molecular flexibility index (Phi) is 8.57. The molecule has 0 saturated carbocycles. The van der Waals surface area contributed by atoms with Crippen LogP contribution in [0.25, 0.3) is 88.3 Å². The highest BCUT2D eigenvalue weighted by molar-refractivity contribution is 6.22. The first-order valence-electron chi connectivity index (χ1n) is 22.2. The normalized spacial score (nSPS) is 14.2. The van der Waals surface area contributed by atoms with Crippen LogP contribution in [0.2, 0.25) is 0 Å². The molecule has 0 atom stereocenters. The maximum absolute atomic E-state index is 2.65. The maximum atomic E-state index is 2.65. The van der Waals surface area contributed by atoms with Crippen molar-refractivity contribution in [2.45, 2.75) is 64.2 Å². The molecule has 0 bridgehead atoms. The molecule has 0 aromatic heterocycles. The molecule has 0 N–H and O–H groups in total. The lowest BCUT2D eigenvalue weighted by molar-refractivity contribution is 0.485. The number of hydrogen-bond acceptors (Lipinski definition) is 0. The van der Waals surface area contributed by atoms with Crippen LogP contribution in [0.4, 0.5) is 0 Å². The van der Waals surface area contributed by atoms with E-state index in [1.165, 1.54) is 111 Å². The zero-order valence-electron chi connectivity index (χ0n) is 35.1. The average Bonchev–Trinajstić information content (AvgIpc) is 3.75. The second-order valence-corrected chi connectivity index (χ2v) is 17.2. The van der Waals surface area contributed by atoms with Gasteiger partial charge in [0.2, 0.25) is 0 Å². The fourth-order valence-electron chi connectivity index (χ4n) is 11.7. The van der Waals surface area contributed by atoms with E-state index in [-0.39, 0.29) is 10.8 Å². The van der Waals surface area contributed by atoms with E-state index < -0.39 is 0 Å². The van der Waals surface area contributed by atoms with Crippen LogP contribution in [0.3, 0.4) is 0 Å². The van der Waals surface area contributed by atoms with E-state index in [1.807, 2.05) is 0 Å². The smallest absolute Gasteiger partial charge is 0.0210 e. The van der Waals surface area contributed by atoms with Crippen molar-refractivity contribution in [1.29, 1.82) is 0 Å². The number of fused-ring (bicyclic) bond motifs is 8. The van der Waals surface area contributed by atoms with Gasteiger partial charge >= 0.3 is 0 Å². The Morgan fingerprint density at radius 2 is 0.617 bits per heavy atom. The topological polar surface area (TPSA) is 0 Å². The Labute approximate surface area is 355 Å². The van der Waals surface area contributed by atoms with E-state index in [2.05, 4.69) is 210 Å². The third-order valence-corrected chi connectivity index (χ3v) is 14.9. The Balaban J connectivity index is 1.22. The number of hydrogen-bond donors (Lipinski definition) is 0. The fourth-order valence-corrected chi connectivity index (χ4v) is 11.7. The Morgan fingerprint density at radius 1 is 0.267 bits per heavy atom. The molecule has 0 radical (unpaired) electrons. The molecular weight excluding hydrogens is 721 g/mol. The van der Waals surface area contributed by atoms with Crippen LogP contribution in [-0.2, 0) is 10.8 Å². The summed E-state index contributed by atoms with van der Waals surface area (Å²) in [5.41, 5.74) is 21.7. The Morgan fingerprint density at radius 3 is 1.12 bits per heavy atom. The quantitative estimate of drug-likeness (QED) is 0.135. The summed E-state index contributed by atoms with van der Waals surface area (Å²) in [5.74, 6) is 0. The molecule has 9 aromatic rings. The van der Waals surface area contributed by atoms with Crippen molar-refractivity contribution in [2.75, 3.05) is 0 Å². The van der Waals surface area contributed by atoms with E-state index in [1.54, 1.807) is 0 Å². The molecule has 0 nitrogen and oxygen atoms in total. The van der Waals surface area contributed by atoms with Crippen LogP contribution in [0.15, 0.2) is 182 Å². The Hall–Kier alpha value is -6.50. The second kappa shape index (κ2) is 14.1. The largest absolute Gasteiger partial charge is 0.0642 e.